The van der Waals surface area contributed by atoms with Crippen LogP contribution in [0.1, 0.15) is 0 Å². The Kier molecular flexibility index (Phi) is 4.66. The molecule has 5 nitrogen and oxygen atoms in total. The first-order valence-electron chi connectivity index (χ1n) is 16.6. The van der Waals surface area contributed by atoms with Gasteiger partial charge in [0.25, 0.3) is 0 Å². The molecule has 0 amide bonds. The quantitative estimate of drug-likeness (QED) is 0.192. The summed E-state index contributed by atoms with van der Waals surface area (Å²) in [7, 11) is 0. The molecule has 0 radical (unpaired) electrons. The third-order valence-corrected chi connectivity index (χ3v) is 10.5. The lowest BCUT2D eigenvalue weighted by Crippen LogP contribution is -2.03. The number of fused-ring (bicyclic) bond motifs is 15. The van der Waals surface area contributed by atoms with Crippen molar-refractivity contribution in [1.82, 2.24) is 18.9 Å². The highest BCUT2D eigenvalue weighted by Crippen LogP contribution is 2.47. The van der Waals surface area contributed by atoms with Crippen molar-refractivity contribution < 1.29 is 4.42 Å². The zero-order valence-corrected chi connectivity index (χ0v) is 26.1. The molecule has 5 aromatic heterocycles. The van der Waals surface area contributed by atoms with Crippen LogP contribution in [0.4, 0.5) is 0 Å². The summed E-state index contributed by atoms with van der Waals surface area (Å²) in [6.45, 7) is 0. The SMILES string of the molecule is c1ccc(-c2nc(-n3c4ccccc4c4cc5c6ccc7ccccc7c6n6c7ccccc7c(c43)c56)nc3oc4ccccc4c23)cc1. The first-order chi connectivity index (χ1) is 24.3. The van der Waals surface area contributed by atoms with Crippen LogP contribution >= 0.6 is 0 Å². The fraction of sp³-hybridized carbons (Fsp3) is 0. The van der Waals surface area contributed by atoms with E-state index in [0.717, 1.165) is 44.0 Å². The predicted octanol–water partition coefficient (Wildman–Crippen LogP) is 11.4. The Morgan fingerprint density at radius 3 is 2.02 bits per heavy atom. The number of furan rings is 1. The second-order valence-corrected chi connectivity index (χ2v) is 12.9. The van der Waals surface area contributed by atoms with Crippen molar-refractivity contribution in [3.63, 3.8) is 0 Å². The average molecular weight is 625 g/mol. The van der Waals surface area contributed by atoms with E-state index in [4.69, 9.17) is 14.4 Å². The third kappa shape index (κ3) is 3.15. The minimum atomic E-state index is 0.578. The van der Waals surface area contributed by atoms with Gasteiger partial charge in [0, 0.05) is 48.7 Å². The second kappa shape index (κ2) is 9.00. The number of nitrogens with zero attached hydrogens (tertiary/aromatic N) is 4. The number of aromatic nitrogens is 4. The van der Waals surface area contributed by atoms with E-state index in [1.165, 1.54) is 54.3 Å². The van der Waals surface area contributed by atoms with Crippen molar-refractivity contribution in [2.75, 3.05) is 0 Å². The van der Waals surface area contributed by atoms with Gasteiger partial charge in [-0.1, -0.05) is 121 Å². The summed E-state index contributed by atoms with van der Waals surface area (Å²) < 4.78 is 11.2. The molecule has 0 atom stereocenters. The molecule has 0 saturated carbocycles. The fourth-order valence-corrected chi connectivity index (χ4v) is 8.48. The van der Waals surface area contributed by atoms with Crippen LogP contribution in [-0.2, 0) is 0 Å². The standard InChI is InChI=1S/C44H24N4O/c1-2-13-26(14-3-1)39-37-31-18-8-11-21-36(31)49-43(37)46-44(45-39)48-34-19-9-6-16-28(34)32-24-33-29-23-22-25-12-4-5-15-27(25)40(29)47-35-20-10-7-17-30(35)38(41(33)47)42(32)48/h1-24H. The monoisotopic (exact) mass is 624 g/mol. The van der Waals surface area contributed by atoms with Gasteiger partial charge >= 0.3 is 0 Å². The Bertz CT molecular complexity index is 3330. The van der Waals surface area contributed by atoms with Crippen LogP contribution in [0.15, 0.2) is 150 Å². The lowest BCUT2D eigenvalue weighted by molar-refractivity contribution is 0.651. The van der Waals surface area contributed by atoms with E-state index in [0.29, 0.717) is 11.7 Å². The van der Waals surface area contributed by atoms with E-state index in [-0.39, 0.29) is 0 Å². The van der Waals surface area contributed by atoms with Crippen molar-refractivity contribution >= 4 is 92.7 Å². The topological polar surface area (TPSA) is 48.3 Å². The molecule has 226 valence electrons. The molecule has 12 rings (SSSR count). The zero-order chi connectivity index (χ0) is 31.8. The van der Waals surface area contributed by atoms with Gasteiger partial charge in [-0.25, -0.2) is 4.98 Å². The van der Waals surface area contributed by atoms with Gasteiger partial charge in [-0.3, -0.25) is 4.57 Å². The summed E-state index contributed by atoms with van der Waals surface area (Å²) in [6.07, 6.45) is 0. The molecule has 0 aliphatic carbocycles. The van der Waals surface area contributed by atoms with Crippen molar-refractivity contribution in [2.45, 2.75) is 0 Å². The molecule has 49 heavy (non-hydrogen) atoms. The van der Waals surface area contributed by atoms with Gasteiger partial charge in [0.2, 0.25) is 11.7 Å². The normalized spacial score (nSPS) is 12.5. The Morgan fingerprint density at radius 2 is 1.14 bits per heavy atom. The Hall–Kier alpha value is -6.72. The highest BCUT2D eigenvalue weighted by molar-refractivity contribution is 6.35. The number of benzene rings is 7. The summed E-state index contributed by atoms with van der Waals surface area (Å²) in [4.78, 5) is 10.7. The molecule has 0 spiro atoms. The highest BCUT2D eigenvalue weighted by Gasteiger charge is 2.27. The third-order valence-electron chi connectivity index (χ3n) is 10.5. The van der Waals surface area contributed by atoms with Crippen LogP contribution in [0.25, 0.3) is 110 Å². The summed E-state index contributed by atoms with van der Waals surface area (Å²) in [6, 6.07) is 51.6. The van der Waals surface area contributed by atoms with Crippen molar-refractivity contribution in [3.8, 4) is 17.2 Å². The van der Waals surface area contributed by atoms with Crippen molar-refractivity contribution in [2.24, 2.45) is 0 Å². The molecule has 0 aliphatic heterocycles. The Labute approximate surface area is 278 Å². The predicted molar refractivity (Wildman–Crippen MR) is 201 cm³/mol. The summed E-state index contributed by atoms with van der Waals surface area (Å²) in [5.41, 5.74) is 9.07. The maximum atomic E-state index is 6.48. The van der Waals surface area contributed by atoms with E-state index in [1.54, 1.807) is 0 Å². The molecule has 0 unspecified atom stereocenters. The van der Waals surface area contributed by atoms with E-state index >= 15 is 0 Å². The van der Waals surface area contributed by atoms with Gasteiger partial charge in [-0.15, -0.1) is 0 Å². The van der Waals surface area contributed by atoms with Crippen LogP contribution in [0, 0.1) is 0 Å². The van der Waals surface area contributed by atoms with E-state index < -0.39 is 0 Å². The molecule has 12 aromatic rings. The van der Waals surface area contributed by atoms with Crippen LogP contribution in [0.2, 0.25) is 0 Å². The Morgan fingerprint density at radius 1 is 0.449 bits per heavy atom. The molecular weight excluding hydrogens is 601 g/mol. The molecule has 7 aromatic carbocycles. The fourth-order valence-electron chi connectivity index (χ4n) is 8.48. The number of rotatable bonds is 2. The first-order valence-corrected chi connectivity index (χ1v) is 16.6. The van der Waals surface area contributed by atoms with Gasteiger partial charge in [-0.05, 0) is 29.7 Å². The van der Waals surface area contributed by atoms with Gasteiger partial charge in [0.05, 0.1) is 38.7 Å². The maximum absolute atomic E-state index is 6.48. The molecule has 5 heterocycles. The Balaban J connectivity index is 1.33. The minimum Gasteiger partial charge on any atom is -0.437 e. The number of hydrogen-bond donors (Lipinski definition) is 0. The minimum absolute atomic E-state index is 0.578. The van der Waals surface area contributed by atoms with Gasteiger partial charge in [-0.2, -0.15) is 4.98 Å². The van der Waals surface area contributed by atoms with Gasteiger partial charge in [0.1, 0.15) is 5.58 Å². The lowest BCUT2D eigenvalue weighted by atomic mass is 10.0. The summed E-state index contributed by atoms with van der Waals surface area (Å²) >= 11 is 0. The van der Waals surface area contributed by atoms with Crippen LogP contribution < -0.4 is 0 Å². The zero-order valence-electron chi connectivity index (χ0n) is 26.1. The van der Waals surface area contributed by atoms with Crippen LogP contribution in [-0.4, -0.2) is 18.9 Å². The van der Waals surface area contributed by atoms with Gasteiger partial charge in [0.15, 0.2) is 0 Å². The second-order valence-electron chi connectivity index (χ2n) is 12.9. The molecule has 0 fully saturated rings. The first kappa shape index (κ1) is 25.4. The van der Waals surface area contributed by atoms with Gasteiger partial charge < -0.3 is 8.82 Å². The van der Waals surface area contributed by atoms with E-state index in [2.05, 4.69) is 130 Å². The number of para-hydroxylation sites is 3. The maximum Gasteiger partial charge on any atom is 0.238 e. The largest absolute Gasteiger partial charge is 0.437 e. The summed E-state index contributed by atoms with van der Waals surface area (Å²) in [5, 5.41) is 11.7. The van der Waals surface area contributed by atoms with Crippen molar-refractivity contribution in [3.05, 3.63) is 146 Å². The van der Waals surface area contributed by atoms with Crippen LogP contribution in [0.3, 0.4) is 0 Å². The smallest absolute Gasteiger partial charge is 0.238 e. The molecular formula is C44H24N4O. The van der Waals surface area contributed by atoms with E-state index in [9.17, 15) is 0 Å². The average Bonchev–Trinajstić information content (AvgIpc) is 3.90. The molecule has 0 N–H and O–H groups in total. The molecule has 0 bridgehead atoms. The lowest BCUT2D eigenvalue weighted by Gasteiger charge is -2.10. The molecule has 0 saturated heterocycles. The molecule has 5 heteroatoms. The molecule has 0 aliphatic rings. The van der Waals surface area contributed by atoms with Crippen molar-refractivity contribution in [1.29, 1.82) is 0 Å². The highest BCUT2D eigenvalue weighted by atomic mass is 16.3. The summed E-state index contributed by atoms with van der Waals surface area (Å²) in [5.74, 6) is 0.588. The number of hydrogen-bond acceptors (Lipinski definition) is 3. The van der Waals surface area contributed by atoms with Crippen LogP contribution in [0.5, 0.6) is 0 Å². The van der Waals surface area contributed by atoms with E-state index in [1.807, 2.05) is 24.3 Å².